The SMILES string of the molecule is CCC(OC)n1ncc2cc(Nc3nc(-c4ccc(OCC(=O)NC(C)C)c(OC)c4)n(C)n3)ccc21. The summed E-state index contributed by atoms with van der Waals surface area (Å²) in [5.74, 6) is 1.87. The van der Waals surface area contributed by atoms with E-state index in [1.54, 1.807) is 25.0 Å². The minimum atomic E-state index is -0.195. The molecule has 0 spiro atoms. The first-order valence-electron chi connectivity index (χ1n) is 12.1. The summed E-state index contributed by atoms with van der Waals surface area (Å²) in [6.07, 6.45) is 2.53. The van der Waals surface area contributed by atoms with Gasteiger partial charge in [0.2, 0.25) is 5.95 Å². The molecule has 2 N–H and O–H groups in total. The van der Waals surface area contributed by atoms with Gasteiger partial charge >= 0.3 is 0 Å². The van der Waals surface area contributed by atoms with Crippen LogP contribution in [0, 0.1) is 0 Å². The summed E-state index contributed by atoms with van der Waals surface area (Å²) >= 11 is 0. The third-order valence-corrected chi connectivity index (χ3v) is 5.74. The van der Waals surface area contributed by atoms with Gasteiger partial charge in [0.15, 0.2) is 23.9 Å². The van der Waals surface area contributed by atoms with Gasteiger partial charge in [-0.15, -0.1) is 5.10 Å². The minimum absolute atomic E-state index is 0.0443. The zero-order valence-electron chi connectivity index (χ0n) is 22.0. The van der Waals surface area contributed by atoms with E-state index in [-0.39, 0.29) is 24.8 Å². The monoisotopic (exact) mass is 507 g/mol. The van der Waals surface area contributed by atoms with Crippen LogP contribution >= 0.6 is 0 Å². The van der Waals surface area contributed by atoms with E-state index >= 15 is 0 Å². The van der Waals surface area contributed by atoms with Crippen LogP contribution < -0.4 is 20.1 Å². The van der Waals surface area contributed by atoms with E-state index in [4.69, 9.17) is 14.2 Å². The Balaban J connectivity index is 1.51. The Labute approximate surface area is 215 Å². The highest BCUT2D eigenvalue weighted by Gasteiger charge is 2.16. The zero-order chi connectivity index (χ0) is 26.5. The average Bonchev–Trinajstić information content (AvgIpc) is 3.46. The fourth-order valence-corrected chi connectivity index (χ4v) is 4.05. The summed E-state index contributed by atoms with van der Waals surface area (Å²) in [5.41, 5.74) is 2.63. The maximum absolute atomic E-state index is 11.9. The molecule has 0 aliphatic heterocycles. The number of nitrogens with zero attached hydrogens (tertiary/aromatic N) is 5. The lowest BCUT2D eigenvalue weighted by molar-refractivity contribution is -0.123. The van der Waals surface area contributed by atoms with Crippen molar-refractivity contribution in [2.24, 2.45) is 7.05 Å². The molecule has 0 bridgehead atoms. The second-order valence-electron chi connectivity index (χ2n) is 8.85. The molecule has 0 radical (unpaired) electrons. The van der Waals surface area contributed by atoms with E-state index in [1.165, 1.54) is 0 Å². The molecular formula is C26H33N7O4. The number of nitrogens with one attached hydrogen (secondary N) is 2. The molecule has 0 saturated carbocycles. The number of aromatic nitrogens is 5. The van der Waals surface area contributed by atoms with Crippen molar-refractivity contribution in [2.75, 3.05) is 26.1 Å². The highest BCUT2D eigenvalue weighted by atomic mass is 16.5. The van der Waals surface area contributed by atoms with Crippen LogP contribution in [0.15, 0.2) is 42.6 Å². The largest absolute Gasteiger partial charge is 0.493 e. The lowest BCUT2D eigenvalue weighted by Gasteiger charge is -2.14. The molecule has 37 heavy (non-hydrogen) atoms. The molecule has 196 valence electrons. The Morgan fingerprint density at radius 3 is 2.62 bits per heavy atom. The molecule has 1 amide bonds. The maximum Gasteiger partial charge on any atom is 0.258 e. The van der Waals surface area contributed by atoms with Crippen LogP contribution in [0.3, 0.4) is 0 Å². The van der Waals surface area contributed by atoms with Gasteiger partial charge in [-0.1, -0.05) is 6.92 Å². The predicted molar refractivity (Wildman–Crippen MR) is 141 cm³/mol. The summed E-state index contributed by atoms with van der Waals surface area (Å²) in [6, 6.07) is 11.4. The van der Waals surface area contributed by atoms with Gasteiger partial charge in [0.1, 0.15) is 6.23 Å². The van der Waals surface area contributed by atoms with E-state index in [9.17, 15) is 4.79 Å². The van der Waals surface area contributed by atoms with Gasteiger partial charge in [0.05, 0.1) is 18.8 Å². The second kappa shape index (κ2) is 11.3. The molecule has 0 fully saturated rings. The van der Waals surface area contributed by atoms with Gasteiger partial charge in [-0.05, 0) is 56.7 Å². The van der Waals surface area contributed by atoms with E-state index < -0.39 is 0 Å². The highest BCUT2D eigenvalue weighted by molar-refractivity contribution is 5.83. The van der Waals surface area contributed by atoms with Crippen LogP contribution in [0.4, 0.5) is 11.6 Å². The van der Waals surface area contributed by atoms with Crippen LogP contribution in [-0.2, 0) is 16.6 Å². The first kappa shape index (κ1) is 26.0. The molecule has 11 nitrogen and oxygen atoms in total. The van der Waals surface area contributed by atoms with Crippen molar-refractivity contribution >= 4 is 28.4 Å². The molecule has 2 aromatic heterocycles. The van der Waals surface area contributed by atoms with E-state index in [0.29, 0.717) is 23.3 Å². The van der Waals surface area contributed by atoms with Crippen molar-refractivity contribution in [1.82, 2.24) is 29.9 Å². The van der Waals surface area contributed by atoms with Gasteiger partial charge in [-0.3, -0.25) is 4.79 Å². The van der Waals surface area contributed by atoms with Crippen LogP contribution in [0.25, 0.3) is 22.3 Å². The molecule has 4 rings (SSSR count). The summed E-state index contributed by atoms with van der Waals surface area (Å²) in [7, 11) is 5.06. The molecule has 11 heteroatoms. The normalized spacial score (nSPS) is 12.1. The number of benzene rings is 2. The number of ether oxygens (including phenoxy) is 3. The van der Waals surface area contributed by atoms with Crippen LogP contribution in [0.2, 0.25) is 0 Å². The zero-order valence-corrected chi connectivity index (χ0v) is 22.0. The molecule has 1 atom stereocenters. The summed E-state index contributed by atoms with van der Waals surface area (Å²) in [6.45, 7) is 5.76. The number of hydrogen-bond acceptors (Lipinski definition) is 8. The Bertz CT molecular complexity index is 1370. The fourth-order valence-electron chi connectivity index (χ4n) is 4.05. The summed E-state index contributed by atoms with van der Waals surface area (Å²) in [5, 5.41) is 16.1. The number of anilines is 2. The molecule has 0 aliphatic rings. The number of fused-ring (bicyclic) bond motifs is 1. The van der Waals surface area contributed by atoms with Crippen molar-refractivity contribution in [3.63, 3.8) is 0 Å². The molecule has 2 aromatic carbocycles. The Morgan fingerprint density at radius 1 is 1.11 bits per heavy atom. The number of carbonyl (C=O) groups is 1. The fraction of sp³-hybridized carbons (Fsp3) is 0.385. The minimum Gasteiger partial charge on any atom is -0.493 e. The average molecular weight is 508 g/mol. The number of aryl methyl sites for hydroxylation is 1. The quantitative estimate of drug-likeness (QED) is 0.312. The van der Waals surface area contributed by atoms with Crippen molar-refractivity contribution < 1.29 is 19.0 Å². The third-order valence-electron chi connectivity index (χ3n) is 5.74. The van der Waals surface area contributed by atoms with Crippen LogP contribution in [0.1, 0.15) is 33.4 Å². The van der Waals surface area contributed by atoms with Crippen molar-refractivity contribution in [3.8, 4) is 22.9 Å². The highest BCUT2D eigenvalue weighted by Crippen LogP contribution is 2.32. The number of hydrogen-bond donors (Lipinski definition) is 2. The van der Waals surface area contributed by atoms with E-state index in [0.717, 1.165) is 28.6 Å². The van der Waals surface area contributed by atoms with E-state index in [2.05, 4.69) is 32.7 Å². The molecule has 0 saturated heterocycles. The molecular weight excluding hydrogens is 474 g/mol. The predicted octanol–water partition coefficient (Wildman–Crippen LogP) is 4.04. The summed E-state index contributed by atoms with van der Waals surface area (Å²) < 4.78 is 20.2. The van der Waals surface area contributed by atoms with Gasteiger partial charge in [0.25, 0.3) is 5.91 Å². The van der Waals surface area contributed by atoms with Gasteiger partial charge in [-0.2, -0.15) is 10.1 Å². The van der Waals surface area contributed by atoms with E-state index in [1.807, 2.05) is 62.1 Å². The number of amides is 1. The van der Waals surface area contributed by atoms with Gasteiger partial charge in [-0.25, -0.2) is 9.36 Å². The smallest absolute Gasteiger partial charge is 0.258 e. The topological polar surface area (TPSA) is 117 Å². The molecule has 4 aromatic rings. The Morgan fingerprint density at radius 2 is 1.92 bits per heavy atom. The number of rotatable bonds is 11. The van der Waals surface area contributed by atoms with Crippen LogP contribution in [-0.4, -0.2) is 57.3 Å². The second-order valence-corrected chi connectivity index (χ2v) is 8.85. The van der Waals surface area contributed by atoms with Gasteiger partial charge in [0, 0.05) is 36.8 Å². The standard InChI is InChI=1S/C26H33N7O4/c1-7-24(36-6)33-20-10-9-19(12-18(20)14-27-33)29-26-30-25(32(4)31-26)17-8-11-21(22(13-17)35-5)37-15-23(34)28-16(2)3/h8-14,16,24H,7,15H2,1-6H3,(H,28,34)(H,29,31). The van der Waals surface area contributed by atoms with Crippen molar-refractivity contribution in [3.05, 3.63) is 42.6 Å². The Hall–Kier alpha value is -4.12. The lowest BCUT2D eigenvalue weighted by Crippen LogP contribution is -2.34. The number of methoxy groups -OCH3 is 2. The molecule has 1 unspecified atom stereocenters. The first-order valence-corrected chi connectivity index (χ1v) is 12.1. The first-order chi connectivity index (χ1) is 17.8. The van der Waals surface area contributed by atoms with Crippen molar-refractivity contribution in [1.29, 1.82) is 0 Å². The number of carbonyl (C=O) groups excluding carboxylic acids is 1. The lowest BCUT2D eigenvalue weighted by atomic mass is 10.2. The van der Waals surface area contributed by atoms with Gasteiger partial charge < -0.3 is 24.8 Å². The van der Waals surface area contributed by atoms with Crippen molar-refractivity contribution in [2.45, 2.75) is 39.5 Å². The van der Waals surface area contributed by atoms with Crippen LogP contribution in [0.5, 0.6) is 11.5 Å². The molecule has 2 heterocycles. The summed E-state index contributed by atoms with van der Waals surface area (Å²) in [4.78, 5) is 16.6. The maximum atomic E-state index is 11.9. The third kappa shape index (κ3) is 5.83. The molecule has 0 aliphatic carbocycles. The Kier molecular flexibility index (Phi) is 7.92.